The number of aliphatic carboxylic acids is 1. The van der Waals surface area contributed by atoms with Crippen molar-refractivity contribution in [1.29, 1.82) is 0 Å². The van der Waals surface area contributed by atoms with Crippen LogP contribution in [0.25, 0.3) is 20.4 Å². The van der Waals surface area contributed by atoms with Gasteiger partial charge in [-0.25, -0.2) is 29.1 Å². The number of carbonyl (C=O) groups is 10. The third kappa shape index (κ3) is 15.4. The first-order valence-corrected chi connectivity index (χ1v) is 31.2. The average Bonchev–Trinajstić information content (AvgIpc) is 2.09. The fourth-order valence-electron chi connectivity index (χ4n) is 9.89. The van der Waals surface area contributed by atoms with Gasteiger partial charge >= 0.3 is 24.1 Å². The summed E-state index contributed by atoms with van der Waals surface area (Å²) in [6, 6.07) is 8.86. The molecule has 2 atom stereocenters. The number of Topliss-reactive ketones (excluding diaryl/α,β-unsaturated/α-hetero) is 4. The van der Waals surface area contributed by atoms with Crippen LogP contribution in [0.4, 0.5) is 9.59 Å². The van der Waals surface area contributed by atoms with Crippen molar-refractivity contribution in [3.05, 3.63) is 91.0 Å². The van der Waals surface area contributed by atoms with Gasteiger partial charge in [0.05, 0.1) is 27.5 Å². The lowest BCUT2D eigenvalue weighted by Crippen LogP contribution is -2.40. The second kappa shape index (κ2) is 28.2. The topological polar surface area (TPSA) is 282 Å². The van der Waals surface area contributed by atoms with Gasteiger partial charge in [-0.2, -0.15) is 0 Å². The highest BCUT2D eigenvalue weighted by atomic mass is 32.2. The van der Waals surface area contributed by atoms with Crippen LogP contribution in [0.5, 0.6) is 11.5 Å². The molecule has 0 radical (unpaired) electrons. The number of amides is 4. The summed E-state index contributed by atoms with van der Waals surface area (Å²) in [5.74, 6) is -0.991. The lowest BCUT2D eigenvalue weighted by molar-refractivity contribution is -0.141. The number of ether oxygens (including phenoxy) is 3. The first kappa shape index (κ1) is 69.4. The zero-order valence-corrected chi connectivity index (χ0v) is 54.5. The van der Waals surface area contributed by atoms with Crippen molar-refractivity contribution in [2.75, 3.05) is 73.0 Å². The van der Waals surface area contributed by atoms with Gasteiger partial charge in [0, 0.05) is 146 Å². The summed E-state index contributed by atoms with van der Waals surface area (Å²) in [6.07, 6.45) is -1.14. The van der Waals surface area contributed by atoms with Gasteiger partial charge in [-0.15, -0.1) is 46.2 Å². The minimum absolute atomic E-state index is 0. The van der Waals surface area contributed by atoms with E-state index in [4.69, 9.17) is 14.2 Å². The molecule has 470 valence electrons. The highest BCUT2D eigenvalue weighted by molar-refractivity contribution is 8.15. The largest absolute Gasteiger partial charge is 0.480 e. The molecule has 0 spiro atoms. The summed E-state index contributed by atoms with van der Waals surface area (Å²) in [5, 5.41) is 11.7. The number of benzene rings is 2. The van der Waals surface area contributed by atoms with E-state index in [1.165, 1.54) is 72.9 Å². The Morgan fingerprint density at radius 3 is 1.26 bits per heavy atom. The Bertz CT molecular complexity index is 3770. The third-order valence-electron chi connectivity index (χ3n) is 15.5. The minimum atomic E-state index is -0.967. The van der Waals surface area contributed by atoms with Crippen molar-refractivity contribution >= 4 is 136 Å². The molecule has 2 aliphatic heterocycles. The van der Waals surface area contributed by atoms with Crippen LogP contribution < -0.4 is 9.47 Å². The molecular weight excluding hydrogens is 1210 g/mol. The fraction of sp³-hybridized carbons (Fsp3) is 0.452. The molecule has 0 fully saturated rings. The number of nitrogens with zero attached hydrogens (tertiary/aromatic N) is 8. The van der Waals surface area contributed by atoms with Gasteiger partial charge in [-0.05, 0) is 65.8 Å². The molecule has 0 bridgehead atoms. The van der Waals surface area contributed by atoms with E-state index in [9.17, 15) is 53.1 Å². The molecule has 0 saturated heterocycles. The van der Waals surface area contributed by atoms with Crippen molar-refractivity contribution in [2.45, 2.75) is 102 Å². The van der Waals surface area contributed by atoms with Crippen LogP contribution in [0.1, 0.15) is 99.5 Å². The number of carboxylic acids is 1. The molecule has 0 saturated carbocycles. The summed E-state index contributed by atoms with van der Waals surface area (Å²) in [4.78, 5) is 150. The number of hydrogen-bond donors (Lipinski definition) is 1. The number of carbonyl (C=O) groups excluding carboxylic acids is 9. The molecule has 2 aromatic heterocycles. The summed E-state index contributed by atoms with van der Waals surface area (Å²) in [5.41, 5.74) is 2.89. The van der Waals surface area contributed by atoms with Crippen LogP contribution in [-0.4, -0.2) is 189 Å². The van der Waals surface area contributed by atoms with E-state index in [0.717, 1.165) is 14.9 Å². The van der Waals surface area contributed by atoms with E-state index in [0.29, 0.717) is 93.2 Å². The monoisotopic (exact) mass is 1280 g/mol. The Morgan fingerprint density at radius 2 is 0.898 bits per heavy atom. The van der Waals surface area contributed by atoms with E-state index in [2.05, 4.69) is 20.0 Å². The first-order valence-electron chi connectivity index (χ1n) is 27.6. The van der Waals surface area contributed by atoms with E-state index in [1.54, 1.807) is 134 Å². The maximum atomic E-state index is 13.1. The summed E-state index contributed by atoms with van der Waals surface area (Å²) < 4.78 is 17.5. The van der Waals surface area contributed by atoms with Gasteiger partial charge in [0.15, 0.2) is 35.2 Å². The lowest BCUT2D eigenvalue weighted by atomic mass is 9.71. The van der Waals surface area contributed by atoms with Crippen LogP contribution in [0, 0.1) is 10.8 Å². The predicted molar refractivity (Wildman–Crippen MR) is 343 cm³/mol. The number of rotatable bonds is 18. The van der Waals surface area contributed by atoms with Crippen LogP contribution in [-0.2, 0) is 43.1 Å². The normalized spacial score (nSPS) is 17.2. The van der Waals surface area contributed by atoms with E-state index < -0.39 is 41.1 Å². The standard InChI is InChI=1S/C31H36N4O7S2.C30H34N4O7S2.CH4/c1-16-17(2)26(38)24(18(3)25(16)37)31(4,5)14-23(36)34(6)11-12-35(7)30(40)42-19-9-10-20-22(13-19)44-28(32-20)27-33-21(15-43-27)29(39)41-8;1-15-16(2)25(37)23(17(3)24(15)36)30(4,5)13-22(35)33(6)10-11-34(7)29(40)41-18-8-9-19-21(12-18)43-27(31-19)26-32-20(14-42-26)28(38)39;/h9-10,13,21H,11-12,14-15H2,1-8H3;8-9,12,20H,10-11,13-14H2,1-7H3,(H,38,39);1H4/t21-;20-;/m11./s1. The third-order valence-corrected chi connectivity index (χ3v) is 19.9. The van der Waals surface area contributed by atoms with Crippen LogP contribution in [0.3, 0.4) is 0 Å². The molecule has 4 amide bonds. The molecule has 0 unspecified atom stereocenters. The molecule has 4 heterocycles. The average molecular weight is 1280 g/mol. The predicted octanol–water partition coefficient (Wildman–Crippen LogP) is 9.43. The molecular formula is C62H74N8O14S4. The van der Waals surface area contributed by atoms with Gasteiger partial charge < -0.3 is 38.9 Å². The highest BCUT2D eigenvalue weighted by Crippen LogP contribution is 2.41. The summed E-state index contributed by atoms with van der Waals surface area (Å²) >= 11 is 5.53. The number of carboxylic acid groups (broad SMARTS) is 1. The van der Waals surface area contributed by atoms with E-state index in [-0.39, 0.29) is 87.4 Å². The van der Waals surface area contributed by atoms with Crippen molar-refractivity contribution in [3.63, 3.8) is 0 Å². The van der Waals surface area contributed by atoms with Crippen molar-refractivity contribution < 1.29 is 67.3 Å². The minimum Gasteiger partial charge on any atom is -0.480 e. The second-order valence-corrected chi connectivity index (χ2v) is 26.9. The number of allylic oxidation sites excluding steroid dienone is 8. The van der Waals surface area contributed by atoms with Gasteiger partial charge in [-0.3, -0.25) is 38.8 Å². The zero-order valence-electron chi connectivity index (χ0n) is 51.2. The van der Waals surface area contributed by atoms with Gasteiger partial charge in [0.25, 0.3) is 0 Å². The Kier molecular flexibility index (Phi) is 22.3. The van der Waals surface area contributed by atoms with Crippen molar-refractivity contribution in [1.82, 2.24) is 29.6 Å². The second-order valence-electron chi connectivity index (χ2n) is 22.8. The van der Waals surface area contributed by atoms with E-state index >= 15 is 0 Å². The Morgan fingerprint density at radius 1 is 0.545 bits per heavy atom. The van der Waals surface area contributed by atoms with Crippen LogP contribution in [0.2, 0.25) is 0 Å². The molecule has 4 aliphatic rings. The quantitative estimate of drug-likeness (QED) is 0.0716. The summed E-state index contributed by atoms with van der Waals surface area (Å²) in [6.45, 7) is 17.9. The van der Waals surface area contributed by atoms with Crippen LogP contribution >= 0.6 is 46.2 Å². The number of ketones is 4. The number of esters is 1. The van der Waals surface area contributed by atoms with Crippen LogP contribution in [0.15, 0.2) is 91.0 Å². The number of methoxy groups -OCH3 is 1. The number of aliphatic imine (C=N–C) groups is 2. The number of hydrogen-bond acceptors (Lipinski definition) is 21. The highest BCUT2D eigenvalue weighted by Gasteiger charge is 2.41. The van der Waals surface area contributed by atoms with Crippen molar-refractivity contribution in [2.24, 2.45) is 20.8 Å². The van der Waals surface area contributed by atoms with Gasteiger partial charge in [-0.1, -0.05) is 35.1 Å². The molecule has 8 rings (SSSR count). The Balaban J connectivity index is 0.000000278. The van der Waals surface area contributed by atoms with Gasteiger partial charge in [0.2, 0.25) is 11.8 Å². The van der Waals surface area contributed by atoms with E-state index in [1.807, 2.05) is 0 Å². The van der Waals surface area contributed by atoms with Crippen molar-refractivity contribution in [3.8, 4) is 11.5 Å². The summed E-state index contributed by atoms with van der Waals surface area (Å²) in [7, 11) is 7.75. The number of thioether (sulfide) groups is 2. The molecule has 1 N–H and O–H groups in total. The molecule has 4 aromatic rings. The number of aromatic nitrogens is 2. The van der Waals surface area contributed by atoms with Gasteiger partial charge in [0.1, 0.15) is 31.6 Å². The molecule has 26 heteroatoms. The fourth-order valence-corrected chi connectivity index (χ4v) is 14.1. The smallest absolute Gasteiger partial charge is 0.415 e. The molecule has 88 heavy (non-hydrogen) atoms. The number of thiazole rings is 2. The SMILES string of the molecule is C.CC1=C(C)C(=O)C(C(C)(C)CC(=O)N(C)CCN(C)C(=O)Oc2ccc3nc(C4=N[C@@H](C(=O)O)CS4)sc3c2)=C(C)C1=O.COC(=O)[C@H]1CSC(c2nc3ccc(OC(=O)N(C)CCN(C)C(=O)CC(C)(C)C4=C(C)C(=O)C(C)=C(C)C4=O)cc3s2)=N1. The molecule has 22 nitrogen and oxygen atoms in total. The molecule has 2 aliphatic carbocycles. The Labute approximate surface area is 527 Å². The Hall–Kier alpha value is -7.68. The zero-order chi connectivity index (χ0) is 64.3. The molecule has 2 aromatic carbocycles. The lowest BCUT2D eigenvalue weighted by Gasteiger charge is -2.33. The first-order chi connectivity index (χ1) is 40.7. The number of likely N-dealkylation sites (N-methyl/N-ethyl adjacent to an activating group) is 4. The maximum Gasteiger partial charge on any atom is 0.415 e. The number of fused-ring (bicyclic) bond motifs is 2. The maximum absolute atomic E-state index is 13.1.